The van der Waals surface area contributed by atoms with Gasteiger partial charge in [0.05, 0.1) is 6.54 Å². The molecule has 0 radical (unpaired) electrons. The first kappa shape index (κ1) is 17.2. The number of carbonyl (C=O) groups is 1. The average molecular weight is 354 g/mol. The second-order valence-electron chi connectivity index (χ2n) is 5.81. The van der Waals surface area contributed by atoms with E-state index in [4.69, 9.17) is 11.6 Å². The number of amides is 1. The predicted molar refractivity (Wildman–Crippen MR) is 99.6 cm³/mol. The number of rotatable bonds is 6. The van der Waals surface area contributed by atoms with Crippen molar-refractivity contribution < 1.29 is 4.79 Å². The Morgan fingerprint density at radius 2 is 1.88 bits per heavy atom. The Kier molecular flexibility index (Phi) is 5.51. The summed E-state index contributed by atoms with van der Waals surface area (Å²) in [5.41, 5.74) is 2.74. The summed E-state index contributed by atoms with van der Waals surface area (Å²) in [6.07, 6.45) is 3.67. The Labute approximate surface area is 152 Å². The lowest BCUT2D eigenvalue weighted by Gasteiger charge is -2.22. The van der Waals surface area contributed by atoms with Gasteiger partial charge in [-0.15, -0.1) is 0 Å². The number of benzene rings is 2. The fraction of sp³-hybridized carbons (Fsp3) is 0.200. The van der Waals surface area contributed by atoms with E-state index in [1.807, 2.05) is 72.4 Å². The van der Waals surface area contributed by atoms with Crippen molar-refractivity contribution in [3.05, 3.63) is 88.7 Å². The minimum atomic E-state index is 0.00746. The lowest BCUT2D eigenvalue weighted by Crippen LogP contribution is -2.30. The van der Waals surface area contributed by atoms with Crippen LogP contribution >= 0.6 is 11.6 Å². The summed E-state index contributed by atoms with van der Waals surface area (Å²) in [5.74, 6) is 0.00746. The van der Waals surface area contributed by atoms with E-state index in [1.165, 1.54) is 0 Å². The Balaban J connectivity index is 1.71. The van der Waals surface area contributed by atoms with Gasteiger partial charge in [-0.25, -0.2) is 0 Å². The SMILES string of the molecule is CCN(Cc1ccccc1Cl)C(=O)c1ccc(Cn2cccn2)cc1. The van der Waals surface area contributed by atoms with Crippen LogP contribution in [0.4, 0.5) is 0 Å². The third-order valence-electron chi connectivity index (χ3n) is 4.09. The van der Waals surface area contributed by atoms with Crippen LogP contribution < -0.4 is 0 Å². The van der Waals surface area contributed by atoms with Crippen molar-refractivity contribution in [1.82, 2.24) is 14.7 Å². The molecule has 0 fully saturated rings. The van der Waals surface area contributed by atoms with Crippen LogP contribution in [-0.4, -0.2) is 27.1 Å². The van der Waals surface area contributed by atoms with Gasteiger partial charge in [-0.05, 0) is 42.3 Å². The number of hydrogen-bond donors (Lipinski definition) is 0. The van der Waals surface area contributed by atoms with Crippen molar-refractivity contribution in [3.63, 3.8) is 0 Å². The van der Waals surface area contributed by atoms with Gasteiger partial charge in [-0.2, -0.15) is 5.10 Å². The Hall–Kier alpha value is -2.59. The number of nitrogens with zero attached hydrogens (tertiary/aromatic N) is 3. The smallest absolute Gasteiger partial charge is 0.254 e. The van der Waals surface area contributed by atoms with E-state index in [9.17, 15) is 4.79 Å². The summed E-state index contributed by atoms with van der Waals surface area (Å²) in [7, 11) is 0. The molecule has 4 nitrogen and oxygen atoms in total. The molecule has 0 saturated carbocycles. The van der Waals surface area contributed by atoms with E-state index < -0.39 is 0 Å². The summed E-state index contributed by atoms with van der Waals surface area (Å²) in [4.78, 5) is 14.6. The molecular weight excluding hydrogens is 334 g/mol. The van der Waals surface area contributed by atoms with Crippen LogP contribution in [-0.2, 0) is 13.1 Å². The number of aromatic nitrogens is 2. The van der Waals surface area contributed by atoms with Crippen LogP contribution in [0.5, 0.6) is 0 Å². The van der Waals surface area contributed by atoms with E-state index in [2.05, 4.69) is 5.10 Å². The maximum atomic E-state index is 12.8. The van der Waals surface area contributed by atoms with Gasteiger partial charge in [0, 0.05) is 36.1 Å². The number of carbonyl (C=O) groups excluding carboxylic acids is 1. The van der Waals surface area contributed by atoms with Gasteiger partial charge in [0.1, 0.15) is 0 Å². The zero-order chi connectivity index (χ0) is 17.6. The van der Waals surface area contributed by atoms with Gasteiger partial charge in [0.15, 0.2) is 0 Å². The van der Waals surface area contributed by atoms with Gasteiger partial charge < -0.3 is 4.90 Å². The first-order valence-electron chi connectivity index (χ1n) is 8.26. The molecule has 25 heavy (non-hydrogen) atoms. The average Bonchev–Trinajstić information content (AvgIpc) is 3.14. The van der Waals surface area contributed by atoms with Gasteiger partial charge in [-0.3, -0.25) is 9.48 Å². The van der Waals surface area contributed by atoms with Crippen LogP contribution in [0.3, 0.4) is 0 Å². The number of halogens is 1. The van der Waals surface area contributed by atoms with Crippen LogP contribution in [0.15, 0.2) is 67.0 Å². The first-order chi connectivity index (χ1) is 12.2. The third-order valence-corrected chi connectivity index (χ3v) is 4.46. The molecule has 1 amide bonds. The lowest BCUT2D eigenvalue weighted by atomic mass is 10.1. The molecule has 0 aliphatic carbocycles. The van der Waals surface area contributed by atoms with Crippen molar-refractivity contribution in [2.75, 3.05) is 6.54 Å². The molecule has 2 aromatic carbocycles. The molecule has 0 aliphatic rings. The van der Waals surface area contributed by atoms with Gasteiger partial charge in [0.25, 0.3) is 5.91 Å². The van der Waals surface area contributed by atoms with Crippen molar-refractivity contribution in [2.45, 2.75) is 20.0 Å². The largest absolute Gasteiger partial charge is 0.335 e. The number of hydrogen-bond acceptors (Lipinski definition) is 2. The van der Waals surface area contributed by atoms with Crippen molar-refractivity contribution in [2.24, 2.45) is 0 Å². The first-order valence-corrected chi connectivity index (χ1v) is 8.64. The normalized spacial score (nSPS) is 10.6. The fourth-order valence-corrected chi connectivity index (χ4v) is 2.87. The highest BCUT2D eigenvalue weighted by molar-refractivity contribution is 6.31. The molecule has 0 atom stereocenters. The maximum Gasteiger partial charge on any atom is 0.254 e. The second-order valence-corrected chi connectivity index (χ2v) is 6.22. The van der Waals surface area contributed by atoms with E-state index in [0.29, 0.717) is 30.2 Å². The van der Waals surface area contributed by atoms with Crippen LogP contribution in [0, 0.1) is 0 Å². The maximum absolute atomic E-state index is 12.8. The van der Waals surface area contributed by atoms with E-state index in [0.717, 1.165) is 11.1 Å². The highest BCUT2D eigenvalue weighted by Crippen LogP contribution is 2.18. The standard InChI is InChI=1S/C20H20ClN3O/c1-2-23(15-18-6-3-4-7-19(18)21)20(25)17-10-8-16(9-11-17)14-24-13-5-12-22-24/h3-13H,2,14-15H2,1H3. The molecule has 0 bridgehead atoms. The zero-order valence-electron chi connectivity index (χ0n) is 14.1. The highest BCUT2D eigenvalue weighted by Gasteiger charge is 2.15. The molecule has 0 N–H and O–H groups in total. The summed E-state index contributed by atoms with van der Waals surface area (Å²) in [6, 6.07) is 17.2. The molecule has 0 aliphatic heterocycles. The minimum absolute atomic E-state index is 0.00746. The van der Waals surface area contributed by atoms with Gasteiger partial charge >= 0.3 is 0 Å². The molecule has 3 rings (SSSR count). The van der Waals surface area contributed by atoms with E-state index in [-0.39, 0.29) is 5.91 Å². The molecular formula is C20H20ClN3O. The Morgan fingerprint density at radius 1 is 1.12 bits per heavy atom. The molecule has 1 heterocycles. The van der Waals surface area contributed by atoms with Gasteiger partial charge in [-0.1, -0.05) is 41.9 Å². The molecule has 0 unspecified atom stereocenters. The van der Waals surface area contributed by atoms with Crippen LogP contribution in [0.2, 0.25) is 5.02 Å². The van der Waals surface area contributed by atoms with Gasteiger partial charge in [0.2, 0.25) is 0 Å². The zero-order valence-corrected chi connectivity index (χ0v) is 14.9. The topological polar surface area (TPSA) is 38.1 Å². The minimum Gasteiger partial charge on any atom is -0.335 e. The molecule has 3 aromatic rings. The summed E-state index contributed by atoms with van der Waals surface area (Å²) in [5, 5.41) is 4.88. The Morgan fingerprint density at radius 3 is 2.52 bits per heavy atom. The quantitative estimate of drug-likeness (QED) is 0.664. The summed E-state index contributed by atoms with van der Waals surface area (Å²) >= 11 is 6.22. The van der Waals surface area contributed by atoms with Crippen LogP contribution in [0.1, 0.15) is 28.4 Å². The third kappa shape index (κ3) is 4.28. The summed E-state index contributed by atoms with van der Waals surface area (Å²) < 4.78 is 1.85. The molecule has 1 aromatic heterocycles. The monoisotopic (exact) mass is 353 g/mol. The molecule has 5 heteroatoms. The fourth-order valence-electron chi connectivity index (χ4n) is 2.68. The Bertz CT molecular complexity index is 828. The summed E-state index contributed by atoms with van der Waals surface area (Å²) in [6.45, 7) is 3.79. The lowest BCUT2D eigenvalue weighted by molar-refractivity contribution is 0.0752. The molecule has 128 valence electrons. The van der Waals surface area contributed by atoms with Crippen molar-refractivity contribution in [1.29, 1.82) is 0 Å². The second kappa shape index (κ2) is 7.99. The molecule has 0 spiro atoms. The van der Waals surface area contributed by atoms with Crippen LogP contribution in [0.25, 0.3) is 0 Å². The van der Waals surface area contributed by atoms with E-state index in [1.54, 1.807) is 11.1 Å². The van der Waals surface area contributed by atoms with E-state index >= 15 is 0 Å². The van der Waals surface area contributed by atoms with Crippen molar-refractivity contribution in [3.8, 4) is 0 Å². The molecule has 0 saturated heterocycles. The highest BCUT2D eigenvalue weighted by atomic mass is 35.5. The van der Waals surface area contributed by atoms with Crippen molar-refractivity contribution >= 4 is 17.5 Å². The predicted octanol–water partition coefficient (Wildman–Crippen LogP) is 4.25.